The highest BCUT2D eigenvalue weighted by Crippen LogP contribution is 2.28. The highest BCUT2D eigenvalue weighted by atomic mass is 35.5. The number of Topliss-reactive ketones (excluding diaryl/α,β-unsaturated/α-hetero) is 1. The van der Waals surface area contributed by atoms with Gasteiger partial charge in [-0.1, -0.05) is 41.6 Å². The Morgan fingerprint density at radius 2 is 1.97 bits per heavy atom. The van der Waals surface area contributed by atoms with E-state index in [0.29, 0.717) is 33.8 Å². The summed E-state index contributed by atoms with van der Waals surface area (Å²) < 4.78 is 1.90. The number of nitrogens with one attached hydrogen (secondary N) is 1. The number of ketones is 1. The molecule has 0 fully saturated rings. The van der Waals surface area contributed by atoms with E-state index in [1.54, 1.807) is 43.3 Å². The van der Waals surface area contributed by atoms with Crippen molar-refractivity contribution in [3.63, 3.8) is 0 Å². The molecule has 1 amide bonds. The maximum Gasteiger partial charge on any atom is 0.237 e. The van der Waals surface area contributed by atoms with Crippen molar-refractivity contribution in [2.24, 2.45) is 0 Å². The Balaban J connectivity index is 1.75. The number of benzene rings is 2. The average Bonchev–Trinajstić information content (AvgIpc) is 3.11. The molecule has 0 aliphatic carbocycles. The number of aromatic nitrogens is 3. The molecule has 2 aromatic carbocycles. The quantitative estimate of drug-likeness (QED) is 0.299. The van der Waals surface area contributed by atoms with Gasteiger partial charge in [0.2, 0.25) is 5.91 Å². The molecule has 1 heterocycles. The van der Waals surface area contributed by atoms with Crippen LogP contribution in [0.15, 0.2) is 66.3 Å². The summed E-state index contributed by atoms with van der Waals surface area (Å²) in [4.78, 5) is 24.0. The largest absolute Gasteiger partial charge is 0.325 e. The molecule has 0 spiro atoms. The number of thioether (sulfide) groups is 1. The second-order valence-electron chi connectivity index (χ2n) is 6.60. The Hall–Kier alpha value is -2.90. The van der Waals surface area contributed by atoms with Gasteiger partial charge in [0.25, 0.3) is 0 Å². The second kappa shape index (κ2) is 9.73. The van der Waals surface area contributed by atoms with E-state index in [9.17, 15) is 9.59 Å². The van der Waals surface area contributed by atoms with Crippen molar-refractivity contribution in [3.8, 4) is 11.4 Å². The minimum absolute atomic E-state index is 0.0196. The van der Waals surface area contributed by atoms with Crippen LogP contribution in [-0.4, -0.2) is 31.7 Å². The van der Waals surface area contributed by atoms with Gasteiger partial charge in [-0.05, 0) is 50.2 Å². The lowest BCUT2D eigenvalue weighted by molar-refractivity contribution is -0.115. The summed E-state index contributed by atoms with van der Waals surface area (Å²) in [6.07, 6.45) is 1.75. The van der Waals surface area contributed by atoms with Gasteiger partial charge in [0.05, 0.1) is 5.25 Å². The molecule has 6 nitrogen and oxygen atoms in total. The molecule has 1 N–H and O–H groups in total. The average molecular weight is 441 g/mol. The van der Waals surface area contributed by atoms with E-state index in [1.165, 1.54) is 18.7 Å². The van der Waals surface area contributed by atoms with Crippen molar-refractivity contribution >= 4 is 40.7 Å². The molecule has 0 saturated carbocycles. The van der Waals surface area contributed by atoms with E-state index in [1.807, 2.05) is 22.8 Å². The summed E-state index contributed by atoms with van der Waals surface area (Å²) in [5.74, 6) is 0.467. The zero-order valence-corrected chi connectivity index (χ0v) is 18.2. The Morgan fingerprint density at radius 3 is 2.60 bits per heavy atom. The molecule has 1 unspecified atom stereocenters. The third kappa shape index (κ3) is 5.17. The number of allylic oxidation sites excluding steroid dienone is 1. The van der Waals surface area contributed by atoms with Crippen LogP contribution >= 0.6 is 23.4 Å². The number of anilines is 1. The molecule has 0 aliphatic rings. The lowest BCUT2D eigenvalue weighted by Gasteiger charge is -2.13. The monoisotopic (exact) mass is 440 g/mol. The third-order valence-corrected chi connectivity index (χ3v) is 5.64. The third-order valence-electron chi connectivity index (χ3n) is 4.32. The predicted molar refractivity (Wildman–Crippen MR) is 121 cm³/mol. The standard InChI is InChI=1S/C22H21ClN4O2S/c1-4-12-27-20(17-6-5-7-18(23)13-17)25-26-22(27)30-15(3)21(29)24-19-10-8-16(9-11-19)14(2)28/h4-11,13,15H,1,12H2,2-3H3,(H,24,29). The topological polar surface area (TPSA) is 76.9 Å². The summed E-state index contributed by atoms with van der Waals surface area (Å²) in [6, 6.07) is 14.2. The molecule has 0 radical (unpaired) electrons. The number of hydrogen-bond donors (Lipinski definition) is 1. The Morgan fingerprint density at radius 1 is 1.23 bits per heavy atom. The Bertz CT molecular complexity index is 1080. The van der Waals surface area contributed by atoms with Crippen LogP contribution in [0.3, 0.4) is 0 Å². The highest BCUT2D eigenvalue weighted by Gasteiger charge is 2.21. The first-order chi connectivity index (χ1) is 14.4. The van der Waals surface area contributed by atoms with Gasteiger partial charge < -0.3 is 5.32 Å². The van der Waals surface area contributed by atoms with Gasteiger partial charge in [0.1, 0.15) is 0 Å². The van der Waals surface area contributed by atoms with Gasteiger partial charge in [0, 0.05) is 28.4 Å². The summed E-state index contributed by atoms with van der Waals surface area (Å²) in [5, 5.41) is 12.2. The number of carbonyl (C=O) groups excluding carboxylic acids is 2. The van der Waals surface area contributed by atoms with Gasteiger partial charge in [-0.3, -0.25) is 14.2 Å². The van der Waals surface area contributed by atoms with Crippen molar-refractivity contribution in [1.82, 2.24) is 14.8 Å². The lowest BCUT2D eigenvalue weighted by atomic mass is 10.1. The van der Waals surface area contributed by atoms with E-state index < -0.39 is 5.25 Å². The normalized spacial score (nSPS) is 11.7. The van der Waals surface area contributed by atoms with Crippen molar-refractivity contribution in [2.45, 2.75) is 30.8 Å². The van der Waals surface area contributed by atoms with E-state index in [0.717, 1.165) is 5.56 Å². The molecular formula is C22H21ClN4O2S. The van der Waals surface area contributed by atoms with E-state index in [2.05, 4.69) is 22.1 Å². The number of carbonyl (C=O) groups is 2. The van der Waals surface area contributed by atoms with Gasteiger partial charge in [0.15, 0.2) is 16.8 Å². The molecular weight excluding hydrogens is 420 g/mol. The minimum Gasteiger partial charge on any atom is -0.325 e. The van der Waals surface area contributed by atoms with Crippen LogP contribution in [-0.2, 0) is 11.3 Å². The molecule has 0 saturated heterocycles. The highest BCUT2D eigenvalue weighted by molar-refractivity contribution is 8.00. The van der Waals surface area contributed by atoms with Crippen LogP contribution in [0.25, 0.3) is 11.4 Å². The van der Waals surface area contributed by atoms with Crippen LogP contribution in [0.5, 0.6) is 0 Å². The van der Waals surface area contributed by atoms with E-state index in [4.69, 9.17) is 11.6 Å². The molecule has 1 atom stereocenters. The fourth-order valence-corrected chi connectivity index (χ4v) is 3.80. The Kier molecular flexibility index (Phi) is 7.07. The summed E-state index contributed by atoms with van der Waals surface area (Å²) >= 11 is 7.41. The zero-order valence-electron chi connectivity index (χ0n) is 16.6. The Labute approximate surface area is 184 Å². The number of halogens is 1. The van der Waals surface area contributed by atoms with Crippen LogP contribution in [0.4, 0.5) is 5.69 Å². The van der Waals surface area contributed by atoms with E-state index in [-0.39, 0.29) is 11.7 Å². The van der Waals surface area contributed by atoms with E-state index >= 15 is 0 Å². The number of amides is 1. The fraction of sp³-hybridized carbons (Fsp3) is 0.182. The van der Waals surface area contributed by atoms with Crippen molar-refractivity contribution in [1.29, 1.82) is 0 Å². The molecule has 30 heavy (non-hydrogen) atoms. The predicted octanol–water partition coefficient (Wildman–Crippen LogP) is 5.11. The van der Waals surface area contributed by atoms with Crippen LogP contribution in [0.1, 0.15) is 24.2 Å². The molecule has 3 aromatic rings. The molecule has 1 aromatic heterocycles. The van der Waals surface area contributed by atoms with Gasteiger partial charge in [-0.25, -0.2) is 0 Å². The number of hydrogen-bond acceptors (Lipinski definition) is 5. The molecule has 154 valence electrons. The molecule has 3 rings (SSSR count). The first-order valence-corrected chi connectivity index (χ1v) is 10.5. The first-order valence-electron chi connectivity index (χ1n) is 9.27. The smallest absolute Gasteiger partial charge is 0.237 e. The van der Waals surface area contributed by atoms with Crippen molar-refractivity contribution in [2.75, 3.05) is 5.32 Å². The maximum absolute atomic E-state index is 12.6. The molecule has 8 heteroatoms. The zero-order chi connectivity index (χ0) is 21.7. The second-order valence-corrected chi connectivity index (χ2v) is 8.34. The van der Waals surface area contributed by atoms with Crippen LogP contribution in [0, 0.1) is 0 Å². The molecule has 0 aliphatic heterocycles. The SMILES string of the molecule is C=CCn1c(SC(C)C(=O)Nc2ccc(C(C)=O)cc2)nnc1-c1cccc(Cl)c1. The minimum atomic E-state index is -0.419. The molecule has 0 bridgehead atoms. The van der Waals surface area contributed by atoms with Gasteiger partial charge in [-0.15, -0.1) is 16.8 Å². The summed E-state index contributed by atoms with van der Waals surface area (Å²) in [5.41, 5.74) is 2.07. The van der Waals surface area contributed by atoms with Gasteiger partial charge in [-0.2, -0.15) is 0 Å². The van der Waals surface area contributed by atoms with Crippen molar-refractivity contribution < 1.29 is 9.59 Å². The first kappa shape index (κ1) is 21.8. The van der Waals surface area contributed by atoms with Crippen molar-refractivity contribution in [3.05, 3.63) is 71.8 Å². The van der Waals surface area contributed by atoms with Crippen LogP contribution < -0.4 is 5.32 Å². The lowest BCUT2D eigenvalue weighted by Crippen LogP contribution is -2.23. The van der Waals surface area contributed by atoms with Crippen LogP contribution in [0.2, 0.25) is 5.02 Å². The number of rotatable bonds is 8. The maximum atomic E-state index is 12.6. The van der Waals surface area contributed by atoms with Gasteiger partial charge >= 0.3 is 0 Å². The fourth-order valence-electron chi connectivity index (χ4n) is 2.75. The summed E-state index contributed by atoms with van der Waals surface area (Å²) in [7, 11) is 0. The summed E-state index contributed by atoms with van der Waals surface area (Å²) in [6.45, 7) is 7.61. The number of nitrogens with zero attached hydrogens (tertiary/aromatic N) is 3.